The van der Waals surface area contributed by atoms with Gasteiger partial charge in [0.1, 0.15) is 16.7 Å². The van der Waals surface area contributed by atoms with Crippen LogP contribution in [0.3, 0.4) is 0 Å². The molecule has 0 radical (unpaired) electrons. The summed E-state index contributed by atoms with van der Waals surface area (Å²) in [4.78, 5) is 9.17. The van der Waals surface area contributed by atoms with Crippen LogP contribution in [0.5, 0.6) is 0 Å². The number of nitrogens with zero attached hydrogens (tertiary/aromatic N) is 6. The average molecular weight is 453 g/mol. The van der Waals surface area contributed by atoms with Gasteiger partial charge in [-0.1, -0.05) is 54.6 Å². The monoisotopic (exact) mass is 452 g/mol. The van der Waals surface area contributed by atoms with Gasteiger partial charge in [-0.15, -0.1) is 15.3 Å². The summed E-state index contributed by atoms with van der Waals surface area (Å²) in [5.74, 6) is 3.24. The molecule has 31 heavy (non-hydrogen) atoms. The van der Waals surface area contributed by atoms with Crippen LogP contribution in [-0.4, -0.2) is 29.9 Å². The standard InChI is InChI=1S/C22H21ClN6OS/c1-14-10-11-16(12-14)29-19(25-20(28-29)17-8-5-9-18(23)24-17)13-31-22-27-26-21(30-22)15-6-3-2-4-7-15/h2-9,14,16H,10-13H2,1H3. The lowest BCUT2D eigenvalue weighted by molar-refractivity contribution is 0.437. The normalized spacial score (nSPS) is 18.5. The van der Waals surface area contributed by atoms with Gasteiger partial charge < -0.3 is 4.42 Å². The summed E-state index contributed by atoms with van der Waals surface area (Å²) in [5, 5.41) is 14.1. The zero-order valence-corrected chi connectivity index (χ0v) is 18.6. The van der Waals surface area contributed by atoms with Crippen molar-refractivity contribution in [2.75, 3.05) is 0 Å². The molecule has 0 saturated heterocycles. The Labute approximate surface area is 189 Å². The number of hydrogen-bond donors (Lipinski definition) is 0. The average Bonchev–Trinajstić information content (AvgIpc) is 3.52. The van der Waals surface area contributed by atoms with Crippen molar-refractivity contribution in [1.82, 2.24) is 29.9 Å². The summed E-state index contributed by atoms with van der Waals surface area (Å²) in [6.45, 7) is 2.29. The van der Waals surface area contributed by atoms with Gasteiger partial charge in [0.25, 0.3) is 5.22 Å². The van der Waals surface area contributed by atoms with Crippen LogP contribution in [0.1, 0.15) is 38.1 Å². The molecule has 9 heteroatoms. The van der Waals surface area contributed by atoms with E-state index in [0.29, 0.717) is 45.5 Å². The van der Waals surface area contributed by atoms with Crippen molar-refractivity contribution in [3.63, 3.8) is 0 Å². The third-order valence-corrected chi connectivity index (χ3v) is 6.44. The Morgan fingerprint density at radius 3 is 2.71 bits per heavy atom. The van der Waals surface area contributed by atoms with Crippen LogP contribution < -0.4 is 0 Å². The van der Waals surface area contributed by atoms with Crippen LogP contribution in [-0.2, 0) is 5.75 Å². The first kappa shape index (κ1) is 20.2. The number of aromatic nitrogens is 6. The van der Waals surface area contributed by atoms with E-state index in [9.17, 15) is 0 Å². The Morgan fingerprint density at radius 2 is 1.94 bits per heavy atom. The van der Waals surface area contributed by atoms with Crippen molar-refractivity contribution in [3.8, 4) is 23.0 Å². The van der Waals surface area contributed by atoms with E-state index in [0.717, 1.165) is 24.2 Å². The van der Waals surface area contributed by atoms with Crippen molar-refractivity contribution in [2.45, 2.75) is 43.2 Å². The largest absolute Gasteiger partial charge is 0.411 e. The van der Waals surface area contributed by atoms with Gasteiger partial charge in [-0.25, -0.2) is 14.6 Å². The van der Waals surface area contributed by atoms with Crippen LogP contribution in [0.25, 0.3) is 23.0 Å². The van der Waals surface area contributed by atoms with E-state index in [2.05, 4.69) is 26.8 Å². The van der Waals surface area contributed by atoms with E-state index in [1.165, 1.54) is 18.2 Å². The number of hydrogen-bond acceptors (Lipinski definition) is 7. The van der Waals surface area contributed by atoms with E-state index in [1.807, 2.05) is 42.5 Å². The molecule has 0 bridgehead atoms. The molecule has 0 spiro atoms. The number of halogens is 1. The second-order valence-corrected chi connectivity index (χ2v) is 9.06. The lowest BCUT2D eigenvalue weighted by atomic mass is 10.1. The highest BCUT2D eigenvalue weighted by atomic mass is 35.5. The van der Waals surface area contributed by atoms with Gasteiger partial charge in [0.15, 0.2) is 5.82 Å². The Kier molecular flexibility index (Phi) is 5.74. The van der Waals surface area contributed by atoms with Crippen molar-refractivity contribution >= 4 is 23.4 Å². The summed E-state index contributed by atoms with van der Waals surface area (Å²) >= 11 is 7.54. The Bertz CT molecular complexity index is 1180. The fourth-order valence-electron chi connectivity index (χ4n) is 3.88. The van der Waals surface area contributed by atoms with Crippen molar-refractivity contribution in [3.05, 3.63) is 59.5 Å². The lowest BCUT2D eigenvalue weighted by Gasteiger charge is -2.12. The van der Waals surface area contributed by atoms with Gasteiger partial charge >= 0.3 is 0 Å². The molecular weight excluding hydrogens is 432 g/mol. The Balaban J connectivity index is 1.39. The molecule has 1 fully saturated rings. The van der Waals surface area contributed by atoms with Crippen molar-refractivity contribution in [1.29, 1.82) is 0 Å². The van der Waals surface area contributed by atoms with Gasteiger partial charge in [0, 0.05) is 5.56 Å². The van der Waals surface area contributed by atoms with Crippen LogP contribution in [0.4, 0.5) is 0 Å². The zero-order chi connectivity index (χ0) is 21.2. The summed E-state index contributed by atoms with van der Waals surface area (Å²) < 4.78 is 7.89. The number of pyridine rings is 1. The van der Waals surface area contributed by atoms with Crippen molar-refractivity contribution in [2.24, 2.45) is 5.92 Å². The Morgan fingerprint density at radius 1 is 1.06 bits per heavy atom. The minimum absolute atomic E-state index is 0.341. The number of rotatable bonds is 6. The maximum atomic E-state index is 6.08. The quantitative estimate of drug-likeness (QED) is 0.274. The maximum absolute atomic E-state index is 6.08. The fraction of sp³-hybridized carbons (Fsp3) is 0.318. The molecule has 0 N–H and O–H groups in total. The lowest BCUT2D eigenvalue weighted by Crippen LogP contribution is -2.11. The zero-order valence-electron chi connectivity index (χ0n) is 17.0. The first-order valence-electron chi connectivity index (χ1n) is 10.3. The van der Waals surface area contributed by atoms with Gasteiger partial charge in [-0.2, -0.15) is 0 Å². The number of thioether (sulfide) groups is 1. The molecule has 158 valence electrons. The third-order valence-electron chi connectivity index (χ3n) is 5.41. The topological polar surface area (TPSA) is 82.5 Å². The van der Waals surface area contributed by atoms with E-state index in [1.54, 1.807) is 6.07 Å². The highest BCUT2D eigenvalue weighted by Crippen LogP contribution is 2.36. The molecule has 0 aliphatic heterocycles. The summed E-state index contributed by atoms with van der Waals surface area (Å²) in [7, 11) is 0. The first-order valence-corrected chi connectivity index (χ1v) is 11.6. The second-order valence-electron chi connectivity index (χ2n) is 7.74. The fourth-order valence-corrected chi connectivity index (χ4v) is 4.73. The van der Waals surface area contributed by atoms with E-state index in [-0.39, 0.29) is 0 Å². The molecule has 0 amide bonds. The van der Waals surface area contributed by atoms with Crippen LogP contribution in [0.2, 0.25) is 5.15 Å². The van der Waals surface area contributed by atoms with Gasteiger partial charge in [-0.3, -0.25) is 0 Å². The minimum atomic E-state index is 0.341. The predicted molar refractivity (Wildman–Crippen MR) is 120 cm³/mol. The summed E-state index contributed by atoms with van der Waals surface area (Å²) in [6, 6.07) is 15.6. The van der Waals surface area contributed by atoms with Crippen LogP contribution in [0.15, 0.2) is 58.2 Å². The predicted octanol–water partition coefficient (Wildman–Crippen LogP) is 5.70. The summed E-state index contributed by atoms with van der Waals surface area (Å²) in [5.41, 5.74) is 1.58. The molecule has 7 nitrogen and oxygen atoms in total. The molecule has 3 aromatic heterocycles. The molecule has 1 aromatic carbocycles. The van der Waals surface area contributed by atoms with Crippen LogP contribution in [0, 0.1) is 5.92 Å². The molecule has 2 atom stereocenters. The highest BCUT2D eigenvalue weighted by molar-refractivity contribution is 7.98. The first-order chi connectivity index (χ1) is 15.2. The van der Waals surface area contributed by atoms with Gasteiger partial charge in [0.05, 0.1) is 11.8 Å². The molecular formula is C22H21ClN6OS. The van der Waals surface area contributed by atoms with E-state index >= 15 is 0 Å². The second kappa shape index (κ2) is 8.80. The Hall–Kier alpha value is -2.71. The maximum Gasteiger partial charge on any atom is 0.277 e. The molecule has 1 aliphatic carbocycles. The third kappa shape index (κ3) is 4.50. The molecule has 2 unspecified atom stereocenters. The van der Waals surface area contributed by atoms with E-state index < -0.39 is 0 Å². The van der Waals surface area contributed by atoms with E-state index in [4.69, 9.17) is 26.1 Å². The highest BCUT2D eigenvalue weighted by Gasteiger charge is 2.27. The smallest absolute Gasteiger partial charge is 0.277 e. The molecule has 3 heterocycles. The van der Waals surface area contributed by atoms with Crippen molar-refractivity contribution < 1.29 is 4.42 Å². The summed E-state index contributed by atoms with van der Waals surface area (Å²) in [6.07, 6.45) is 3.40. The minimum Gasteiger partial charge on any atom is -0.411 e. The number of benzene rings is 1. The molecule has 1 saturated carbocycles. The van der Waals surface area contributed by atoms with Gasteiger partial charge in [-0.05, 0) is 49.4 Å². The SMILES string of the molecule is CC1CCC(n2nc(-c3cccc(Cl)n3)nc2CSc2nnc(-c3ccccc3)o2)C1. The van der Waals surface area contributed by atoms with Gasteiger partial charge in [0.2, 0.25) is 5.89 Å². The van der Waals surface area contributed by atoms with Crippen LogP contribution >= 0.6 is 23.4 Å². The molecule has 5 rings (SSSR count). The molecule has 4 aromatic rings. The molecule has 1 aliphatic rings.